The molecule has 1 aliphatic heterocycles. The van der Waals surface area contributed by atoms with Gasteiger partial charge in [-0.25, -0.2) is 0 Å². The number of hydrogen-bond acceptors (Lipinski definition) is 5. The van der Waals surface area contributed by atoms with E-state index < -0.39 is 0 Å². The third kappa shape index (κ3) is 4.50. The van der Waals surface area contributed by atoms with Gasteiger partial charge in [0.15, 0.2) is 11.5 Å². The number of rotatable bonds is 7. The highest BCUT2D eigenvalue weighted by Gasteiger charge is 2.21. The first-order chi connectivity index (χ1) is 13.7. The van der Waals surface area contributed by atoms with Crippen LogP contribution in [0.3, 0.4) is 0 Å². The van der Waals surface area contributed by atoms with Gasteiger partial charge in [-0.2, -0.15) is 0 Å². The zero-order chi connectivity index (χ0) is 19.9. The van der Waals surface area contributed by atoms with Gasteiger partial charge in [0.1, 0.15) is 5.75 Å². The van der Waals surface area contributed by atoms with Crippen molar-refractivity contribution in [1.82, 2.24) is 4.90 Å². The zero-order valence-corrected chi connectivity index (χ0v) is 16.8. The second-order valence-corrected chi connectivity index (χ2v) is 6.72. The Labute approximate surface area is 166 Å². The van der Waals surface area contributed by atoms with Crippen LogP contribution in [0.2, 0.25) is 0 Å². The van der Waals surface area contributed by atoms with Gasteiger partial charge in [-0.1, -0.05) is 12.1 Å². The third-order valence-corrected chi connectivity index (χ3v) is 5.16. The number of anilines is 1. The van der Waals surface area contributed by atoms with Crippen molar-refractivity contribution in [1.29, 1.82) is 0 Å². The molecule has 1 aliphatic rings. The van der Waals surface area contributed by atoms with E-state index in [4.69, 9.17) is 14.2 Å². The van der Waals surface area contributed by atoms with Gasteiger partial charge in [-0.3, -0.25) is 4.79 Å². The molecule has 0 bridgehead atoms. The second-order valence-electron chi connectivity index (χ2n) is 6.72. The summed E-state index contributed by atoms with van der Waals surface area (Å²) >= 11 is 0. The Balaban J connectivity index is 1.53. The maximum atomic E-state index is 12.7. The quantitative estimate of drug-likeness (QED) is 0.735. The van der Waals surface area contributed by atoms with Crippen molar-refractivity contribution in [2.45, 2.75) is 12.8 Å². The van der Waals surface area contributed by atoms with E-state index in [9.17, 15) is 4.79 Å². The molecule has 0 N–H and O–H groups in total. The zero-order valence-electron chi connectivity index (χ0n) is 16.8. The van der Waals surface area contributed by atoms with Crippen LogP contribution in [0.5, 0.6) is 17.2 Å². The van der Waals surface area contributed by atoms with Crippen molar-refractivity contribution >= 4 is 11.6 Å². The van der Waals surface area contributed by atoms with E-state index in [0.717, 1.165) is 43.2 Å². The Bertz CT molecular complexity index is 784. The molecule has 28 heavy (non-hydrogen) atoms. The monoisotopic (exact) mass is 384 g/mol. The molecule has 0 radical (unpaired) electrons. The molecule has 0 unspecified atom stereocenters. The van der Waals surface area contributed by atoms with Crippen LogP contribution in [0, 0.1) is 0 Å². The summed E-state index contributed by atoms with van der Waals surface area (Å²) in [6, 6.07) is 13.8. The lowest BCUT2D eigenvalue weighted by atomic mass is 10.1. The SMILES string of the molecule is COc1ccc(N2CCN(C(=O)CCc3cccc(OC)c3OC)CC2)cc1. The lowest BCUT2D eigenvalue weighted by Crippen LogP contribution is -2.48. The number of hydrogen-bond donors (Lipinski definition) is 0. The number of nitrogens with zero attached hydrogens (tertiary/aromatic N) is 2. The van der Waals surface area contributed by atoms with Gasteiger partial charge in [0.25, 0.3) is 0 Å². The molecule has 1 fully saturated rings. The summed E-state index contributed by atoms with van der Waals surface area (Å²) < 4.78 is 16.0. The highest BCUT2D eigenvalue weighted by molar-refractivity contribution is 5.77. The number of amides is 1. The molecular weight excluding hydrogens is 356 g/mol. The molecular formula is C22H28N2O4. The fourth-order valence-corrected chi connectivity index (χ4v) is 3.56. The fourth-order valence-electron chi connectivity index (χ4n) is 3.56. The maximum Gasteiger partial charge on any atom is 0.223 e. The van der Waals surface area contributed by atoms with E-state index >= 15 is 0 Å². The van der Waals surface area contributed by atoms with E-state index in [1.807, 2.05) is 35.2 Å². The minimum atomic E-state index is 0.180. The van der Waals surface area contributed by atoms with Crippen LogP contribution in [0.1, 0.15) is 12.0 Å². The van der Waals surface area contributed by atoms with Gasteiger partial charge in [0, 0.05) is 38.3 Å². The van der Waals surface area contributed by atoms with Crippen LogP contribution in [0.25, 0.3) is 0 Å². The predicted octanol–water partition coefficient (Wildman–Crippen LogP) is 2.99. The van der Waals surface area contributed by atoms with E-state index in [2.05, 4.69) is 17.0 Å². The average molecular weight is 384 g/mol. The first-order valence-corrected chi connectivity index (χ1v) is 9.53. The molecule has 2 aromatic rings. The first-order valence-electron chi connectivity index (χ1n) is 9.53. The summed E-state index contributed by atoms with van der Waals surface area (Å²) in [6.45, 7) is 3.14. The molecule has 0 aliphatic carbocycles. The Morgan fingerprint density at radius 2 is 1.61 bits per heavy atom. The van der Waals surface area contributed by atoms with Gasteiger partial charge in [-0.05, 0) is 42.3 Å². The van der Waals surface area contributed by atoms with Crippen LogP contribution >= 0.6 is 0 Å². The Kier molecular flexibility index (Phi) is 6.63. The Morgan fingerprint density at radius 1 is 0.893 bits per heavy atom. The lowest BCUT2D eigenvalue weighted by molar-refractivity contribution is -0.131. The predicted molar refractivity (Wildman–Crippen MR) is 110 cm³/mol. The number of ether oxygens (including phenoxy) is 3. The Hall–Kier alpha value is -2.89. The largest absolute Gasteiger partial charge is 0.497 e. The fraction of sp³-hybridized carbons (Fsp3) is 0.409. The van der Waals surface area contributed by atoms with Crippen LogP contribution in [-0.4, -0.2) is 58.3 Å². The van der Waals surface area contributed by atoms with Gasteiger partial charge in [0.05, 0.1) is 21.3 Å². The summed E-state index contributed by atoms with van der Waals surface area (Å²) in [6.07, 6.45) is 1.10. The molecule has 3 rings (SSSR count). The van der Waals surface area contributed by atoms with E-state index in [1.165, 1.54) is 0 Å². The molecule has 1 heterocycles. The van der Waals surface area contributed by atoms with Crippen LogP contribution in [0.15, 0.2) is 42.5 Å². The second kappa shape index (κ2) is 9.35. The number of benzene rings is 2. The summed E-state index contributed by atoms with van der Waals surface area (Å²) in [4.78, 5) is 16.9. The Morgan fingerprint density at radius 3 is 2.21 bits per heavy atom. The standard InChI is InChI=1S/C22H28N2O4/c1-26-19-10-8-18(9-11-19)23-13-15-24(16-14-23)21(25)12-7-17-5-4-6-20(27-2)22(17)28-3/h4-6,8-11H,7,12-16H2,1-3H3. The third-order valence-electron chi connectivity index (χ3n) is 5.16. The number of aryl methyl sites for hydroxylation is 1. The minimum absolute atomic E-state index is 0.180. The molecule has 2 aromatic carbocycles. The maximum absolute atomic E-state index is 12.7. The molecule has 0 atom stereocenters. The van der Waals surface area contributed by atoms with Gasteiger partial charge in [0.2, 0.25) is 5.91 Å². The van der Waals surface area contributed by atoms with E-state index in [0.29, 0.717) is 24.3 Å². The van der Waals surface area contributed by atoms with Crippen LogP contribution in [0.4, 0.5) is 5.69 Å². The molecule has 0 saturated carbocycles. The van der Waals surface area contributed by atoms with E-state index in [-0.39, 0.29) is 5.91 Å². The number of piperazine rings is 1. The van der Waals surface area contributed by atoms with Crippen LogP contribution < -0.4 is 19.1 Å². The molecule has 0 spiro atoms. The summed E-state index contributed by atoms with van der Waals surface area (Å²) in [7, 11) is 4.91. The molecule has 1 saturated heterocycles. The molecule has 0 aromatic heterocycles. The van der Waals surface area contributed by atoms with Crippen molar-refractivity contribution in [2.75, 3.05) is 52.4 Å². The van der Waals surface area contributed by atoms with Crippen molar-refractivity contribution in [3.63, 3.8) is 0 Å². The summed E-state index contributed by atoms with van der Waals surface area (Å²) in [5.41, 5.74) is 2.15. The van der Waals surface area contributed by atoms with Crippen LogP contribution in [-0.2, 0) is 11.2 Å². The van der Waals surface area contributed by atoms with Crippen molar-refractivity contribution in [2.24, 2.45) is 0 Å². The minimum Gasteiger partial charge on any atom is -0.497 e. The number of methoxy groups -OCH3 is 3. The molecule has 1 amide bonds. The normalized spacial score (nSPS) is 14.0. The summed E-state index contributed by atoms with van der Waals surface area (Å²) in [5.74, 6) is 2.44. The van der Waals surface area contributed by atoms with Crippen molar-refractivity contribution in [3.05, 3.63) is 48.0 Å². The first kappa shape index (κ1) is 19.9. The summed E-state index contributed by atoms with van der Waals surface area (Å²) in [5, 5.41) is 0. The lowest BCUT2D eigenvalue weighted by Gasteiger charge is -2.36. The highest BCUT2D eigenvalue weighted by atomic mass is 16.5. The molecule has 150 valence electrons. The number of carbonyl (C=O) groups is 1. The van der Waals surface area contributed by atoms with Crippen molar-refractivity contribution < 1.29 is 19.0 Å². The van der Waals surface area contributed by atoms with Gasteiger partial charge < -0.3 is 24.0 Å². The van der Waals surface area contributed by atoms with Crippen molar-refractivity contribution in [3.8, 4) is 17.2 Å². The number of carbonyl (C=O) groups excluding carboxylic acids is 1. The highest BCUT2D eigenvalue weighted by Crippen LogP contribution is 2.31. The van der Waals surface area contributed by atoms with E-state index in [1.54, 1.807) is 21.3 Å². The smallest absolute Gasteiger partial charge is 0.223 e. The average Bonchev–Trinajstić information content (AvgIpc) is 2.77. The van der Waals surface area contributed by atoms with Gasteiger partial charge >= 0.3 is 0 Å². The van der Waals surface area contributed by atoms with Gasteiger partial charge in [-0.15, -0.1) is 0 Å². The topological polar surface area (TPSA) is 51.2 Å². The number of para-hydroxylation sites is 1. The molecule has 6 nitrogen and oxygen atoms in total. The molecule has 6 heteroatoms.